The van der Waals surface area contributed by atoms with Gasteiger partial charge in [0.15, 0.2) is 0 Å². The zero-order chi connectivity index (χ0) is 22.5. The Morgan fingerprint density at radius 3 is 2.50 bits per heavy atom. The van der Waals surface area contributed by atoms with Gasteiger partial charge >= 0.3 is 0 Å². The first-order valence-corrected chi connectivity index (χ1v) is 11.0. The van der Waals surface area contributed by atoms with Gasteiger partial charge in [0.1, 0.15) is 12.4 Å². The average Bonchev–Trinajstić information content (AvgIpc) is 2.82. The van der Waals surface area contributed by atoms with Crippen LogP contribution < -0.4 is 15.0 Å². The van der Waals surface area contributed by atoms with Gasteiger partial charge in [0.25, 0.3) is 5.91 Å². The second-order valence-electron chi connectivity index (χ2n) is 8.42. The molecule has 0 bridgehead atoms. The van der Waals surface area contributed by atoms with Crippen LogP contribution in [0, 0.1) is 0 Å². The van der Waals surface area contributed by atoms with Gasteiger partial charge in [-0.3, -0.25) is 14.7 Å². The smallest absolute Gasteiger partial charge is 0.259 e. The van der Waals surface area contributed by atoms with Gasteiger partial charge < -0.3 is 15.0 Å². The van der Waals surface area contributed by atoms with E-state index in [0.29, 0.717) is 35.7 Å². The molecule has 6 heteroatoms. The summed E-state index contributed by atoms with van der Waals surface area (Å²) in [5.74, 6) is 0.354. The van der Waals surface area contributed by atoms with Gasteiger partial charge in [-0.25, -0.2) is 0 Å². The third-order valence-electron chi connectivity index (χ3n) is 6.09. The molecule has 1 amide bonds. The van der Waals surface area contributed by atoms with E-state index < -0.39 is 0 Å². The fraction of sp³-hybridized carbons (Fsp3) is 0.308. The Bertz CT molecular complexity index is 1030. The lowest BCUT2D eigenvalue weighted by molar-refractivity contribution is 0.102. The number of nitrogens with one attached hydrogen (secondary N) is 1. The summed E-state index contributed by atoms with van der Waals surface area (Å²) in [6.45, 7) is 6.69. The number of ether oxygens (including phenoxy) is 1. The molecule has 2 unspecified atom stereocenters. The predicted octanol–water partition coefficient (Wildman–Crippen LogP) is 4.44. The summed E-state index contributed by atoms with van der Waals surface area (Å²) in [7, 11) is 2.17. The molecule has 32 heavy (non-hydrogen) atoms. The lowest BCUT2D eigenvalue weighted by Crippen LogP contribution is -2.55. The van der Waals surface area contributed by atoms with Crippen molar-refractivity contribution in [2.75, 3.05) is 30.4 Å². The van der Waals surface area contributed by atoms with Crippen LogP contribution in [-0.4, -0.2) is 48.0 Å². The second-order valence-corrected chi connectivity index (χ2v) is 8.42. The molecule has 1 aromatic heterocycles. The molecule has 166 valence electrons. The Kier molecular flexibility index (Phi) is 6.71. The summed E-state index contributed by atoms with van der Waals surface area (Å²) in [4.78, 5) is 22.0. The lowest BCUT2D eigenvalue weighted by Gasteiger charge is -2.43. The summed E-state index contributed by atoms with van der Waals surface area (Å²) < 4.78 is 6.08. The number of amides is 1. The van der Waals surface area contributed by atoms with E-state index in [2.05, 4.69) is 41.0 Å². The molecule has 3 aromatic rings. The van der Waals surface area contributed by atoms with Gasteiger partial charge in [-0.2, -0.15) is 0 Å². The van der Waals surface area contributed by atoms with Crippen LogP contribution in [0.3, 0.4) is 0 Å². The second kappa shape index (κ2) is 9.83. The number of aromatic nitrogens is 1. The molecule has 6 nitrogen and oxygen atoms in total. The van der Waals surface area contributed by atoms with E-state index in [0.717, 1.165) is 24.3 Å². The average molecular weight is 431 g/mol. The van der Waals surface area contributed by atoms with Crippen molar-refractivity contribution in [1.29, 1.82) is 0 Å². The molecule has 0 radical (unpaired) electrons. The fourth-order valence-electron chi connectivity index (χ4n) is 4.00. The van der Waals surface area contributed by atoms with E-state index in [1.807, 2.05) is 54.6 Å². The minimum absolute atomic E-state index is 0.210. The van der Waals surface area contributed by atoms with Crippen molar-refractivity contribution < 1.29 is 9.53 Å². The van der Waals surface area contributed by atoms with Crippen LogP contribution in [-0.2, 0) is 6.61 Å². The minimum atomic E-state index is -0.210. The van der Waals surface area contributed by atoms with Crippen molar-refractivity contribution in [3.05, 3.63) is 84.2 Å². The fourth-order valence-corrected chi connectivity index (χ4v) is 4.00. The van der Waals surface area contributed by atoms with Crippen LogP contribution in [0.15, 0.2) is 73.1 Å². The van der Waals surface area contributed by atoms with Crippen LogP contribution in [0.5, 0.6) is 5.75 Å². The highest BCUT2D eigenvalue weighted by Gasteiger charge is 2.27. The van der Waals surface area contributed by atoms with Crippen molar-refractivity contribution in [2.24, 2.45) is 0 Å². The van der Waals surface area contributed by atoms with E-state index in [9.17, 15) is 4.79 Å². The van der Waals surface area contributed by atoms with Crippen LogP contribution >= 0.6 is 0 Å². The Morgan fingerprint density at radius 1 is 1.06 bits per heavy atom. The molecule has 4 rings (SSSR count). The molecule has 1 saturated heterocycles. The highest BCUT2D eigenvalue weighted by atomic mass is 16.5. The monoisotopic (exact) mass is 430 g/mol. The maximum atomic E-state index is 13.2. The molecule has 1 aliphatic heterocycles. The molecule has 2 heterocycles. The minimum Gasteiger partial charge on any atom is -0.488 e. The molecule has 0 spiro atoms. The lowest BCUT2D eigenvalue weighted by atomic mass is 10.1. The first-order chi connectivity index (χ1) is 15.5. The maximum Gasteiger partial charge on any atom is 0.259 e. The quantitative estimate of drug-likeness (QED) is 0.627. The van der Waals surface area contributed by atoms with Crippen LogP contribution in [0.4, 0.5) is 11.4 Å². The van der Waals surface area contributed by atoms with Gasteiger partial charge in [0, 0.05) is 37.1 Å². The molecule has 0 aliphatic carbocycles. The van der Waals surface area contributed by atoms with Gasteiger partial charge in [0.05, 0.1) is 17.4 Å². The standard InChI is InChI=1S/C26H30N4O2/c1-19-16-30(17-20(2)29(19)3)23-11-12-25(32-18-21-8-5-4-6-9-21)24(14-23)26(31)28-22-10-7-13-27-15-22/h4-15,19-20H,16-18H2,1-3H3,(H,28,31). The van der Waals surface area contributed by atoms with Crippen LogP contribution in [0.25, 0.3) is 0 Å². The number of nitrogens with zero attached hydrogens (tertiary/aromatic N) is 3. The summed E-state index contributed by atoms with van der Waals surface area (Å²) in [5.41, 5.74) is 3.25. The highest BCUT2D eigenvalue weighted by molar-refractivity contribution is 6.06. The molecule has 1 fully saturated rings. The van der Waals surface area contributed by atoms with E-state index >= 15 is 0 Å². The Hall–Kier alpha value is -3.38. The maximum absolute atomic E-state index is 13.2. The van der Waals surface area contributed by atoms with Gasteiger partial charge in [-0.15, -0.1) is 0 Å². The third-order valence-corrected chi connectivity index (χ3v) is 6.09. The largest absolute Gasteiger partial charge is 0.488 e. The van der Waals surface area contributed by atoms with Crippen molar-refractivity contribution in [3.63, 3.8) is 0 Å². The SMILES string of the molecule is CC1CN(c2ccc(OCc3ccccc3)c(C(=O)Nc3cccnc3)c2)CC(C)N1C. The normalized spacial score (nSPS) is 18.9. The van der Waals surface area contributed by atoms with Crippen molar-refractivity contribution in [3.8, 4) is 5.75 Å². The molecular weight excluding hydrogens is 400 g/mol. The zero-order valence-electron chi connectivity index (χ0n) is 18.9. The van der Waals surface area contributed by atoms with Crippen LogP contribution in [0.1, 0.15) is 29.8 Å². The highest BCUT2D eigenvalue weighted by Crippen LogP contribution is 2.29. The van der Waals surface area contributed by atoms with Gasteiger partial charge in [-0.1, -0.05) is 30.3 Å². The Balaban J connectivity index is 1.61. The molecule has 0 saturated carbocycles. The number of anilines is 2. The summed E-state index contributed by atoms with van der Waals surface area (Å²) in [6, 6.07) is 20.3. The first-order valence-electron chi connectivity index (χ1n) is 11.0. The summed E-state index contributed by atoms with van der Waals surface area (Å²) >= 11 is 0. The van der Waals surface area contributed by atoms with E-state index in [1.54, 1.807) is 18.5 Å². The molecule has 2 aromatic carbocycles. The van der Waals surface area contributed by atoms with E-state index in [-0.39, 0.29) is 5.91 Å². The number of rotatable bonds is 6. The van der Waals surface area contributed by atoms with Gasteiger partial charge in [0.2, 0.25) is 0 Å². The number of carbonyl (C=O) groups is 1. The number of likely N-dealkylation sites (N-methyl/N-ethyl adjacent to an activating group) is 1. The number of hydrogen-bond donors (Lipinski definition) is 1. The topological polar surface area (TPSA) is 57.7 Å². The first kappa shape index (κ1) is 21.8. The summed E-state index contributed by atoms with van der Waals surface area (Å²) in [5, 5.41) is 2.94. The number of benzene rings is 2. The number of pyridine rings is 1. The van der Waals surface area contributed by atoms with Crippen molar-refractivity contribution >= 4 is 17.3 Å². The predicted molar refractivity (Wildman–Crippen MR) is 128 cm³/mol. The van der Waals surface area contributed by atoms with Crippen LogP contribution in [0.2, 0.25) is 0 Å². The van der Waals surface area contributed by atoms with Crippen molar-refractivity contribution in [1.82, 2.24) is 9.88 Å². The third kappa shape index (κ3) is 5.08. The zero-order valence-corrected chi connectivity index (χ0v) is 18.9. The Labute approximate surface area is 189 Å². The molecule has 1 N–H and O–H groups in total. The van der Waals surface area contributed by atoms with E-state index in [4.69, 9.17) is 4.74 Å². The van der Waals surface area contributed by atoms with Gasteiger partial charge in [-0.05, 0) is 56.8 Å². The summed E-state index contributed by atoms with van der Waals surface area (Å²) in [6.07, 6.45) is 3.32. The number of piperazine rings is 1. The number of hydrogen-bond acceptors (Lipinski definition) is 5. The number of carbonyl (C=O) groups excluding carboxylic acids is 1. The molecular formula is C26H30N4O2. The Morgan fingerprint density at radius 2 is 1.81 bits per heavy atom. The molecule has 1 aliphatic rings. The van der Waals surface area contributed by atoms with Crippen molar-refractivity contribution in [2.45, 2.75) is 32.5 Å². The molecule has 2 atom stereocenters. The van der Waals surface area contributed by atoms with E-state index in [1.165, 1.54) is 0 Å².